The zero-order chi connectivity index (χ0) is 18.5. The molecule has 0 amide bonds. The average molecular weight is 368 g/mol. The summed E-state index contributed by atoms with van der Waals surface area (Å²) >= 11 is 0. The fraction of sp³-hybridized carbons (Fsp3) is 0.500. The molecule has 0 aliphatic carbocycles. The van der Waals surface area contributed by atoms with Crippen LogP contribution in [0.1, 0.15) is 24.0 Å². The number of para-hydroxylation sites is 1. The molecule has 2 aromatic rings. The minimum atomic E-state index is 0.0298. The van der Waals surface area contributed by atoms with Gasteiger partial charge in [-0.25, -0.2) is 0 Å². The van der Waals surface area contributed by atoms with Crippen molar-refractivity contribution in [3.8, 4) is 5.75 Å². The molecule has 1 spiro atoms. The lowest BCUT2D eigenvalue weighted by Gasteiger charge is -2.50. The molecule has 0 saturated carbocycles. The summed E-state index contributed by atoms with van der Waals surface area (Å²) < 4.78 is 17.6. The van der Waals surface area contributed by atoms with Gasteiger partial charge in [0.2, 0.25) is 0 Å². The molecular formula is C22H28N2O3. The maximum Gasteiger partial charge on any atom is 0.123 e. The summed E-state index contributed by atoms with van der Waals surface area (Å²) in [5.41, 5.74) is 2.45. The molecule has 1 aromatic carbocycles. The van der Waals surface area contributed by atoms with Crippen molar-refractivity contribution in [1.29, 1.82) is 0 Å². The molecule has 4 rings (SSSR count). The third-order valence-electron chi connectivity index (χ3n) is 5.80. The first-order chi connectivity index (χ1) is 13.3. The van der Waals surface area contributed by atoms with E-state index in [2.05, 4.69) is 22.0 Å². The van der Waals surface area contributed by atoms with Gasteiger partial charge in [0.05, 0.1) is 19.3 Å². The molecule has 1 aromatic heterocycles. The summed E-state index contributed by atoms with van der Waals surface area (Å²) in [6.07, 6.45) is 5.82. The highest BCUT2D eigenvalue weighted by molar-refractivity contribution is 5.33. The first-order valence-corrected chi connectivity index (χ1v) is 9.74. The van der Waals surface area contributed by atoms with Crippen molar-refractivity contribution < 1.29 is 14.2 Å². The van der Waals surface area contributed by atoms with Crippen LogP contribution >= 0.6 is 0 Å². The van der Waals surface area contributed by atoms with Crippen LogP contribution in [0.2, 0.25) is 0 Å². The lowest BCUT2D eigenvalue weighted by Crippen LogP contribution is -2.64. The lowest BCUT2D eigenvalue weighted by atomic mass is 9.79. The van der Waals surface area contributed by atoms with Crippen molar-refractivity contribution in [2.45, 2.75) is 31.6 Å². The van der Waals surface area contributed by atoms with Gasteiger partial charge in [0.1, 0.15) is 5.75 Å². The third kappa shape index (κ3) is 4.15. The first-order valence-electron chi connectivity index (χ1n) is 9.74. The maximum absolute atomic E-state index is 6.19. The van der Waals surface area contributed by atoms with E-state index in [0.29, 0.717) is 12.5 Å². The molecule has 1 atom stereocenters. The van der Waals surface area contributed by atoms with Crippen molar-refractivity contribution in [3.05, 3.63) is 59.9 Å². The second-order valence-corrected chi connectivity index (χ2v) is 7.55. The van der Waals surface area contributed by atoms with Crippen molar-refractivity contribution in [3.63, 3.8) is 0 Å². The van der Waals surface area contributed by atoms with Gasteiger partial charge >= 0.3 is 0 Å². The topological polar surface area (TPSA) is 43.8 Å². The van der Waals surface area contributed by atoms with E-state index in [4.69, 9.17) is 14.2 Å². The van der Waals surface area contributed by atoms with Gasteiger partial charge in [-0.2, -0.15) is 0 Å². The van der Waals surface area contributed by atoms with E-state index in [9.17, 15) is 0 Å². The molecule has 2 aliphatic heterocycles. The molecule has 144 valence electrons. The Hall–Kier alpha value is -1.95. The number of likely N-dealkylation sites (tertiary alicyclic amines) is 1. The average Bonchev–Trinajstić information content (AvgIpc) is 3.10. The normalized spacial score (nSPS) is 21.3. The van der Waals surface area contributed by atoms with Crippen LogP contribution in [0, 0.1) is 5.92 Å². The van der Waals surface area contributed by atoms with Crippen LogP contribution in [0.25, 0.3) is 0 Å². The predicted octanol–water partition coefficient (Wildman–Crippen LogP) is 3.29. The summed E-state index contributed by atoms with van der Waals surface area (Å²) in [6, 6.07) is 12.3. The Morgan fingerprint density at radius 2 is 2.00 bits per heavy atom. The smallest absolute Gasteiger partial charge is 0.123 e. The highest BCUT2D eigenvalue weighted by Gasteiger charge is 2.52. The van der Waals surface area contributed by atoms with E-state index in [-0.39, 0.29) is 5.60 Å². The van der Waals surface area contributed by atoms with Gasteiger partial charge in [0.15, 0.2) is 0 Å². The molecule has 5 heteroatoms. The monoisotopic (exact) mass is 368 g/mol. The number of rotatable bonds is 8. The van der Waals surface area contributed by atoms with Gasteiger partial charge in [-0.15, -0.1) is 0 Å². The zero-order valence-corrected chi connectivity index (χ0v) is 16.0. The van der Waals surface area contributed by atoms with Crippen molar-refractivity contribution in [1.82, 2.24) is 9.88 Å². The molecular weight excluding hydrogens is 340 g/mol. The van der Waals surface area contributed by atoms with Crippen LogP contribution in [0.3, 0.4) is 0 Å². The summed E-state index contributed by atoms with van der Waals surface area (Å²) in [5, 5.41) is 0. The Labute approximate surface area is 161 Å². The molecule has 3 heterocycles. The van der Waals surface area contributed by atoms with Gasteiger partial charge < -0.3 is 14.2 Å². The van der Waals surface area contributed by atoms with E-state index in [1.807, 2.05) is 36.7 Å². The number of pyridine rings is 1. The number of hydrogen-bond donors (Lipinski definition) is 0. The van der Waals surface area contributed by atoms with E-state index >= 15 is 0 Å². The Morgan fingerprint density at radius 1 is 1.19 bits per heavy atom. The quantitative estimate of drug-likeness (QED) is 0.669. The van der Waals surface area contributed by atoms with Crippen LogP contribution in [0.5, 0.6) is 5.75 Å². The molecule has 1 unspecified atom stereocenters. The third-order valence-corrected chi connectivity index (χ3v) is 5.80. The van der Waals surface area contributed by atoms with Crippen LogP contribution < -0.4 is 4.74 Å². The standard InChI is InChI=1S/C22H28N2O3/c1-25-21-5-3-2-4-19(21)14-24-16-22(17-24)20(9-13-27-22)8-12-26-15-18-6-10-23-11-7-18/h2-7,10-11,20H,8-9,12-17H2,1H3. The molecule has 2 aliphatic rings. The molecule has 0 radical (unpaired) electrons. The van der Waals surface area contributed by atoms with Crippen LogP contribution in [-0.4, -0.2) is 48.9 Å². The van der Waals surface area contributed by atoms with Crippen LogP contribution in [-0.2, 0) is 22.6 Å². The second kappa shape index (κ2) is 8.38. The second-order valence-electron chi connectivity index (χ2n) is 7.55. The van der Waals surface area contributed by atoms with Crippen LogP contribution in [0.4, 0.5) is 0 Å². The number of methoxy groups -OCH3 is 1. The molecule has 0 bridgehead atoms. The number of benzene rings is 1. The largest absolute Gasteiger partial charge is 0.496 e. The summed E-state index contributed by atoms with van der Waals surface area (Å²) in [5.74, 6) is 1.55. The zero-order valence-electron chi connectivity index (χ0n) is 16.0. The Balaban J connectivity index is 1.24. The highest BCUT2D eigenvalue weighted by atomic mass is 16.5. The summed E-state index contributed by atoms with van der Waals surface area (Å²) in [7, 11) is 1.73. The summed E-state index contributed by atoms with van der Waals surface area (Å²) in [4.78, 5) is 6.49. The fourth-order valence-corrected chi connectivity index (χ4v) is 4.33. The van der Waals surface area contributed by atoms with Gasteiger partial charge in [0.25, 0.3) is 0 Å². The molecule has 2 saturated heterocycles. The van der Waals surface area contributed by atoms with E-state index in [1.165, 1.54) is 11.1 Å². The minimum Gasteiger partial charge on any atom is -0.496 e. The molecule has 0 N–H and O–H groups in total. The minimum absolute atomic E-state index is 0.0298. The Kier molecular flexibility index (Phi) is 5.72. The SMILES string of the molecule is COc1ccccc1CN1CC2(C1)OCCC2CCOCc1ccncc1. The molecule has 2 fully saturated rings. The molecule has 5 nitrogen and oxygen atoms in total. The Bertz CT molecular complexity index is 731. The fourth-order valence-electron chi connectivity index (χ4n) is 4.33. The van der Waals surface area contributed by atoms with Gasteiger partial charge in [0, 0.05) is 50.8 Å². The van der Waals surface area contributed by atoms with Crippen molar-refractivity contribution in [2.24, 2.45) is 5.92 Å². The van der Waals surface area contributed by atoms with Gasteiger partial charge in [-0.05, 0) is 42.5 Å². The van der Waals surface area contributed by atoms with E-state index in [0.717, 1.165) is 51.4 Å². The highest BCUT2D eigenvalue weighted by Crippen LogP contribution is 2.42. The van der Waals surface area contributed by atoms with Gasteiger partial charge in [-0.1, -0.05) is 18.2 Å². The van der Waals surface area contributed by atoms with E-state index in [1.54, 1.807) is 7.11 Å². The maximum atomic E-state index is 6.19. The lowest BCUT2D eigenvalue weighted by molar-refractivity contribution is -0.139. The van der Waals surface area contributed by atoms with Crippen LogP contribution in [0.15, 0.2) is 48.8 Å². The number of aromatic nitrogens is 1. The molecule has 27 heavy (non-hydrogen) atoms. The van der Waals surface area contributed by atoms with Crippen molar-refractivity contribution >= 4 is 0 Å². The van der Waals surface area contributed by atoms with Crippen molar-refractivity contribution in [2.75, 3.05) is 33.4 Å². The summed E-state index contributed by atoms with van der Waals surface area (Å²) in [6.45, 7) is 5.23. The van der Waals surface area contributed by atoms with E-state index < -0.39 is 0 Å². The number of hydrogen-bond acceptors (Lipinski definition) is 5. The van der Waals surface area contributed by atoms with Gasteiger partial charge in [-0.3, -0.25) is 9.88 Å². The number of nitrogens with zero attached hydrogens (tertiary/aromatic N) is 2. The first kappa shape index (κ1) is 18.4. The number of ether oxygens (including phenoxy) is 3. The predicted molar refractivity (Wildman–Crippen MR) is 104 cm³/mol. The Morgan fingerprint density at radius 3 is 2.81 bits per heavy atom.